The number of carbonyl (C=O) groups excluding carboxylic acids is 2. The zero-order valence-corrected chi connectivity index (χ0v) is 16.2. The number of hydrogen-bond donors (Lipinski definition) is 2. The highest BCUT2D eigenvalue weighted by atomic mass is 16.5. The molecule has 0 radical (unpaired) electrons. The summed E-state index contributed by atoms with van der Waals surface area (Å²) in [5.41, 5.74) is 1.68. The lowest BCUT2D eigenvalue weighted by Crippen LogP contribution is -2.45. The molecule has 2 amide bonds. The number of anilines is 2. The van der Waals surface area contributed by atoms with Gasteiger partial charge in [-0.05, 0) is 55.9 Å². The van der Waals surface area contributed by atoms with Gasteiger partial charge in [0.05, 0.1) is 31.3 Å². The Hall–Kier alpha value is -3.37. The van der Waals surface area contributed by atoms with Crippen molar-refractivity contribution in [1.82, 2.24) is 4.90 Å². The summed E-state index contributed by atoms with van der Waals surface area (Å²) in [7, 11) is 1.58. The molecule has 1 atom stereocenters. The molecule has 2 rings (SSSR count). The van der Waals surface area contributed by atoms with Gasteiger partial charge in [-0.2, -0.15) is 5.26 Å². The average molecular weight is 380 g/mol. The molecule has 0 bridgehead atoms. The Bertz CT molecular complexity index is 859. The fraction of sp³-hybridized carbons (Fsp3) is 0.286. The molecule has 0 aliphatic rings. The Kier molecular flexibility index (Phi) is 7.55. The third kappa shape index (κ3) is 5.83. The lowest BCUT2D eigenvalue weighted by molar-refractivity contribution is -0.123. The van der Waals surface area contributed by atoms with E-state index < -0.39 is 6.04 Å². The van der Waals surface area contributed by atoms with E-state index in [-0.39, 0.29) is 18.4 Å². The van der Waals surface area contributed by atoms with Crippen LogP contribution in [0, 0.1) is 11.3 Å². The summed E-state index contributed by atoms with van der Waals surface area (Å²) in [5.74, 6) is 0.256. The van der Waals surface area contributed by atoms with Crippen molar-refractivity contribution in [3.05, 3.63) is 54.1 Å². The molecule has 0 unspecified atom stereocenters. The van der Waals surface area contributed by atoms with E-state index in [9.17, 15) is 9.59 Å². The quantitative estimate of drug-likeness (QED) is 0.734. The van der Waals surface area contributed by atoms with Crippen LogP contribution in [0.2, 0.25) is 0 Å². The molecule has 0 spiro atoms. The van der Waals surface area contributed by atoms with Gasteiger partial charge >= 0.3 is 0 Å². The molecule has 7 nitrogen and oxygen atoms in total. The summed E-state index contributed by atoms with van der Waals surface area (Å²) in [4.78, 5) is 26.7. The van der Waals surface area contributed by atoms with Crippen LogP contribution in [-0.4, -0.2) is 43.0 Å². The normalized spacial score (nSPS) is 11.4. The minimum atomic E-state index is -0.516. The second kappa shape index (κ2) is 10.1. The van der Waals surface area contributed by atoms with E-state index in [1.807, 2.05) is 13.0 Å². The molecule has 0 heterocycles. The number of ether oxygens (including phenoxy) is 1. The Morgan fingerprint density at radius 3 is 2.46 bits per heavy atom. The molecular formula is C21H24N4O3. The third-order valence-electron chi connectivity index (χ3n) is 4.31. The van der Waals surface area contributed by atoms with E-state index in [0.717, 1.165) is 0 Å². The summed E-state index contributed by atoms with van der Waals surface area (Å²) >= 11 is 0. The highest BCUT2D eigenvalue weighted by Gasteiger charge is 2.22. The molecule has 0 saturated carbocycles. The number of hydrogen-bond acceptors (Lipinski definition) is 5. The number of methoxy groups -OCH3 is 1. The number of nitrogens with one attached hydrogen (secondary N) is 2. The lowest BCUT2D eigenvalue weighted by Gasteiger charge is -2.26. The number of likely N-dealkylation sites (N-methyl/N-ethyl adjacent to an activating group) is 1. The number of rotatable bonds is 8. The molecular weight excluding hydrogens is 356 g/mol. The van der Waals surface area contributed by atoms with Crippen molar-refractivity contribution in [2.45, 2.75) is 19.9 Å². The SMILES string of the molecule is CCN(CC(=O)Nc1ccc(OC)cc1)[C@@H](C)C(=O)Nc1cccc(C#N)c1. The van der Waals surface area contributed by atoms with Crippen molar-refractivity contribution in [2.75, 3.05) is 30.8 Å². The van der Waals surface area contributed by atoms with Crippen molar-refractivity contribution in [3.63, 3.8) is 0 Å². The van der Waals surface area contributed by atoms with Crippen molar-refractivity contribution in [2.24, 2.45) is 0 Å². The fourth-order valence-electron chi connectivity index (χ4n) is 2.66. The van der Waals surface area contributed by atoms with Gasteiger partial charge in [-0.15, -0.1) is 0 Å². The zero-order chi connectivity index (χ0) is 20.5. The molecule has 146 valence electrons. The molecule has 0 fully saturated rings. The largest absolute Gasteiger partial charge is 0.497 e. The number of nitriles is 1. The molecule has 2 aromatic rings. The van der Waals surface area contributed by atoms with Crippen LogP contribution in [0.4, 0.5) is 11.4 Å². The summed E-state index contributed by atoms with van der Waals surface area (Å²) in [6.45, 7) is 4.24. The van der Waals surface area contributed by atoms with E-state index in [2.05, 4.69) is 10.6 Å². The van der Waals surface area contributed by atoms with E-state index in [4.69, 9.17) is 10.00 Å². The first-order valence-corrected chi connectivity index (χ1v) is 8.95. The van der Waals surface area contributed by atoms with Gasteiger partial charge < -0.3 is 15.4 Å². The maximum absolute atomic E-state index is 12.5. The number of amides is 2. The summed E-state index contributed by atoms with van der Waals surface area (Å²) in [6.07, 6.45) is 0. The summed E-state index contributed by atoms with van der Waals surface area (Å²) in [5, 5.41) is 14.6. The lowest BCUT2D eigenvalue weighted by atomic mass is 10.2. The van der Waals surface area contributed by atoms with Crippen LogP contribution >= 0.6 is 0 Å². The zero-order valence-electron chi connectivity index (χ0n) is 16.2. The topological polar surface area (TPSA) is 94.5 Å². The van der Waals surface area contributed by atoms with Crippen molar-refractivity contribution in [3.8, 4) is 11.8 Å². The standard InChI is InChI=1S/C21H24N4O3/c1-4-25(14-20(26)23-17-8-10-19(28-3)11-9-17)15(2)21(27)24-18-7-5-6-16(12-18)13-22/h5-12,15H,4,14H2,1-3H3,(H,23,26)(H,24,27)/t15-/m0/s1. The van der Waals surface area contributed by atoms with Gasteiger partial charge in [0.2, 0.25) is 11.8 Å². The molecule has 2 N–H and O–H groups in total. The second-order valence-corrected chi connectivity index (χ2v) is 6.20. The molecule has 0 aliphatic carbocycles. The van der Waals surface area contributed by atoms with E-state index in [0.29, 0.717) is 29.2 Å². The van der Waals surface area contributed by atoms with E-state index >= 15 is 0 Å². The molecule has 0 aliphatic heterocycles. The molecule has 2 aromatic carbocycles. The second-order valence-electron chi connectivity index (χ2n) is 6.20. The third-order valence-corrected chi connectivity index (χ3v) is 4.31. The molecule has 0 aromatic heterocycles. The Morgan fingerprint density at radius 2 is 1.86 bits per heavy atom. The smallest absolute Gasteiger partial charge is 0.241 e. The van der Waals surface area contributed by atoms with E-state index in [1.54, 1.807) is 67.5 Å². The minimum absolute atomic E-state index is 0.0787. The van der Waals surface area contributed by atoms with Crippen LogP contribution in [0.25, 0.3) is 0 Å². The van der Waals surface area contributed by atoms with Crippen molar-refractivity contribution in [1.29, 1.82) is 5.26 Å². The Morgan fingerprint density at radius 1 is 1.14 bits per heavy atom. The highest BCUT2D eigenvalue weighted by Crippen LogP contribution is 2.15. The monoisotopic (exact) mass is 380 g/mol. The first kappa shape index (κ1) is 20.9. The number of nitrogens with zero attached hydrogens (tertiary/aromatic N) is 2. The van der Waals surface area contributed by atoms with Crippen LogP contribution < -0.4 is 15.4 Å². The van der Waals surface area contributed by atoms with Crippen molar-refractivity contribution >= 4 is 23.2 Å². The van der Waals surface area contributed by atoms with Gasteiger partial charge in [0.1, 0.15) is 5.75 Å². The van der Waals surface area contributed by atoms with Crippen LogP contribution in [0.15, 0.2) is 48.5 Å². The first-order valence-electron chi connectivity index (χ1n) is 8.95. The Balaban J connectivity index is 1.95. The van der Waals surface area contributed by atoms with Crippen molar-refractivity contribution < 1.29 is 14.3 Å². The van der Waals surface area contributed by atoms with Crippen LogP contribution in [0.3, 0.4) is 0 Å². The average Bonchev–Trinajstić information content (AvgIpc) is 2.72. The van der Waals surface area contributed by atoms with Crippen LogP contribution in [0.1, 0.15) is 19.4 Å². The van der Waals surface area contributed by atoms with Gasteiger partial charge in [-0.3, -0.25) is 14.5 Å². The highest BCUT2D eigenvalue weighted by molar-refractivity contribution is 5.96. The summed E-state index contributed by atoms with van der Waals surface area (Å²) < 4.78 is 5.09. The predicted molar refractivity (Wildman–Crippen MR) is 108 cm³/mol. The fourth-order valence-corrected chi connectivity index (χ4v) is 2.66. The maximum atomic E-state index is 12.5. The van der Waals surface area contributed by atoms with E-state index in [1.165, 1.54) is 0 Å². The van der Waals surface area contributed by atoms with Gasteiger partial charge in [-0.1, -0.05) is 13.0 Å². The van der Waals surface area contributed by atoms with Crippen LogP contribution in [-0.2, 0) is 9.59 Å². The predicted octanol–water partition coefficient (Wildman–Crippen LogP) is 2.85. The van der Waals surface area contributed by atoms with Gasteiger partial charge in [-0.25, -0.2) is 0 Å². The summed E-state index contributed by atoms with van der Waals surface area (Å²) in [6, 6.07) is 15.3. The van der Waals surface area contributed by atoms with Gasteiger partial charge in [0.15, 0.2) is 0 Å². The van der Waals surface area contributed by atoms with Crippen LogP contribution in [0.5, 0.6) is 5.75 Å². The van der Waals surface area contributed by atoms with Gasteiger partial charge in [0, 0.05) is 11.4 Å². The number of carbonyl (C=O) groups is 2. The molecule has 0 saturated heterocycles. The number of benzene rings is 2. The first-order chi connectivity index (χ1) is 13.5. The molecule has 7 heteroatoms. The minimum Gasteiger partial charge on any atom is -0.497 e. The molecule has 28 heavy (non-hydrogen) atoms. The van der Waals surface area contributed by atoms with Gasteiger partial charge in [0.25, 0.3) is 0 Å². The maximum Gasteiger partial charge on any atom is 0.241 e. The Labute approximate surface area is 164 Å².